The van der Waals surface area contributed by atoms with Crippen LogP contribution in [0.3, 0.4) is 0 Å². The maximum absolute atomic E-state index is 12.6. The highest BCUT2D eigenvalue weighted by molar-refractivity contribution is 9.10. The zero-order chi connectivity index (χ0) is 17.7. The highest BCUT2D eigenvalue weighted by Crippen LogP contribution is 2.22. The molecular formula is C19H21BrN2O2. The van der Waals surface area contributed by atoms with Crippen molar-refractivity contribution in [1.82, 2.24) is 5.32 Å². The van der Waals surface area contributed by atoms with Crippen LogP contribution in [0.4, 0.5) is 5.69 Å². The average Bonchev–Trinajstić information content (AvgIpc) is 2.57. The van der Waals surface area contributed by atoms with Crippen LogP contribution in [-0.4, -0.2) is 11.8 Å². The van der Waals surface area contributed by atoms with Gasteiger partial charge < -0.3 is 10.6 Å². The molecule has 2 rings (SSSR count). The molecule has 0 saturated carbocycles. The number of rotatable bonds is 5. The molecule has 2 amide bonds. The van der Waals surface area contributed by atoms with Crippen LogP contribution < -0.4 is 10.6 Å². The highest BCUT2D eigenvalue weighted by atomic mass is 79.9. The largest absolute Gasteiger partial charge is 0.349 e. The number of carbonyl (C=O) groups is 2. The Morgan fingerprint density at radius 1 is 0.958 bits per heavy atom. The summed E-state index contributed by atoms with van der Waals surface area (Å²) >= 11 is 3.35. The van der Waals surface area contributed by atoms with E-state index in [1.54, 1.807) is 26.0 Å². The molecule has 0 bridgehead atoms. The second-order valence-electron chi connectivity index (χ2n) is 6.19. The second-order valence-corrected chi connectivity index (χ2v) is 7.11. The Kier molecular flexibility index (Phi) is 5.78. The molecule has 0 spiro atoms. The van der Waals surface area contributed by atoms with Gasteiger partial charge in [-0.15, -0.1) is 0 Å². The standard InChI is InChI=1S/C19H21BrN2O2/c1-13(14-7-5-4-6-8-14)21-17(23)19(2,3)18(24)22-16-11-9-15(20)10-12-16/h4-13H,1-3H3,(H,21,23)(H,22,24). The molecule has 1 unspecified atom stereocenters. The molecule has 0 aliphatic carbocycles. The third-order valence-electron chi connectivity index (χ3n) is 3.88. The van der Waals surface area contributed by atoms with Crippen molar-refractivity contribution in [2.24, 2.45) is 5.41 Å². The Balaban J connectivity index is 2.03. The minimum Gasteiger partial charge on any atom is -0.349 e. The first-order chi connectivity index (χ1) is 11.3. The normalized spacial score (nSPS) is 12.3. The summed E-state index contributed by atoms with van der Waals surface area (Å²) in [6, 6.07) is 16.7. The molecule has 2 aromatic carbocycles. The van der Waals surface area contributed by atoms with E-state index in [4.69, 9.17) is 0 Å². The molecule has 0 aliphatic heterocycles. The van der Waals surface area contributed by atoms with Gasteiger partial charge in [0, 0.05) is 10.2 Å². The second kappa shape index (κ2) is 7.62. The van der Waals surface area contributed by atoms with Gasteiger partial charge in [0.1, 0.15) is 5.41 Å². The average molecular weight is 389 g/mol. The molecular weight excluding hydrogens is 368 g/mol. The molecule has 0 fully saturated rings. The van der Waals surface area contributed by atoms with Crippen LogP contribution in [0.2, 0.25) is 0 Å². The van der Waals surface area contributed by atoms with E-state index < -0.39 is 5.41 Å². The minimum absolute atomic E-state index is 0.168. The Labute approximate surface area is 150 Å². The predicted molar refractivity (Wildman–Crippen MR) is 99.6 cm³/mol. The lowest BCUT2D eigenvalue weighted by Crippen LogP contribution is -2.45. The van der Waals surface area contributed by atoms with E-state index in [2.05, 4.69) is 26.6 Å². The van der Waals surface area contributed by atoms with Gasteiger partial charge in [-0.2, -0.15) is 0 Å². The van der Waals surface area contributed by atoms with Crippen LogP contribution in [0.1, 0.15) is 32.4 Å². The number of nitrogens with one attached hydrogen (secondary N) is 2. The van der Waals surface area contributed by atoms with Crippen molar-refractivity contribution in [2.45, 2.75) is 26.8 Å². The molecule has 24 heavy (non-hydrogen) atoms. The molecule has 0 heterocycles. The molecule has 0 aliphatic rings. The van der Waals surface area contributed by atoms with Crippen molar-refractivity contribution in [3.05, 3.63) is 64.6 Å². The summed E-state index contributed by atoms with van der Waals surface area (Å²) in [7, 11) is 0. The van der Waals surface area contributed by atoms with Gasteiger partial charge in [0.15, 0.2) is 0 Å². The number of carbonyl (C=O) groups excluding carboxylic acids is 2. The van der Waals surface area contributed by atoms with Crippen LogP contribution in [-0.2, 0) is 9.59 Å². The first-order valence-electron chi connectivity index (χ1n) is 7.73. The van der Waals surface area contributed by atoms with E-state index >= 15 is 0 Å². The molecule has 5 heteroatoms. The number of hydrogen-bond acceptors (Lipinski definition) is 2. The van der Waals surface area contributed by atoms with Crippen molar-refractivity contribution in [2.75, 3.05) is 5.32 Å². The molecule has 2 aromatic rings. The first-order valence-corrected chi connectivity index (χ1v) is 8.53. The lowest BCUT2D eigenvalue weighted by atomic mass is 9.90. The Bertz CT molecular complexity index is 712. The lowest BCUT2D eigenvalue weighted by Gasteiger charge is -2.25. The minimum atomic E-state index is -1.18. The van der Waals surface area contributed by atoms with Gasteiger partial charge in [0.25, 0.3) is 0 Å². The molecule has 126 valence electrons. The van der Waals surface area contributed by atoms with Crippen LogP contribution in [0.25, 0.3) is 0 Å². The Hall–Kier alpha value is -2.14. The van der Waals surface area contributed by atoms with Crippen molar-refractivity contribution in [1.29, 1.82) is 0 Å². The van der Waals surface area contributed by atoms with E-state index in [0.29, 0.717) is 5.69 Å². The van der Waals surface area contributed by atoms with Gasteiger partial charge >= 0.3 is 0 Å². The van der Waals surface area contributed by atoms with Gasteiger partial charge in [-0.3, -0.25) is 9.59 Å². The Morgan fingerprint density at radius 2 is 1.54 bits per heavy atom. The SMILES string of the molecule is CC(NC(=O)C(C)(C)C(=O)Nc1ccc(Br)cc1)c1ccccc1. The highest BCUT2D eigenvalue weighted by Gasteiger charge is 2.36. The number of benzene rings is 2. The summed E-state index contributed by atoms with van der Waals surface area (Å²) in [6.07, 6.45) is 0. The predicted octanol–water partition coefficient (Wildman–Crippen LogP) is 4.29. The van der Waals surface area contributed by atoms with E-state index in [-0.39, 0.29) is 17.9 Å². The van der Waals surface area contributed by atoms with Crippen molar-refractivity contribution < 1.29 is 9.59 Å². The van der Waals surface area contributed by atoms with Gasteiger partial charge in [-0.25, -0.2) is 0 Å². The van der Waals surface area contributed by atoms with Gasteiger partial charge in [0.05, 0.1) is 6.04 Å². The van der Waals surface area contributed by atoms with Crippen molar-refractivity contribution in [3.63, 3.8) is 0 Å². The molecule has 1 atom stereocenters. The lowest BCUT2D eigenvalue weighted by molar-refractivity contribution is -0.138. The smallest absolute Gasteiger partial charge is 0.239 e. The van der Waals surface area contributed by atoms with Crippen molar-refractivity contribution in [3.8, 4) is 0 Å². The summed E-state index contributed by atoms with van der Waals surface area (Å²) < 4.78 is 0.925. The zero-order valence-electron chi connectivity index (χ0n) is 14.0. The third kappa shape index (κ3) is 4.45. The van der Waals surface area contributed by atoms with Crippen LogP contribution in [0.15, 0.2) is 59.1 Å². The number of halogens is 1. The summed E-state index contributed by atoms with van der Waals surface area (Å²) in [4.78, 5) is 25.0. The van der Waals surface area contributed by atoms with Crippen LogP contribution in [0, 0.1) is 5.41 Å². The first kappa shape index (κ1) is 18.2. The summed E-state index contributed by atoms with van der Waals surface area (Å²) in [5.41, 5.74) is 0.464. The zero-order valence-corrected chi connectivity index (χ0v) is 15.6. The van der Waals surface area contributed by atoms with E-state index in [9.17, 15) is 9.59 Å². The maximum Gasteiger partial charge on any atom is 0.239 e. The quantitative estimate of drug-likeness (QED) is 0.750. The van der Waals surface area contributed by atoms with Crippen LogP contribution in [0.5, 0.6) is 0 Å². The molecule has 0 radical (unpaired) electrons. The fraction of sp³-hybridized carbons (Fsp3) is 0.263. The molecule has 0 saturated heterocycles. The topological polar surface area (TPSA) is 58.2 Å². The fourth-order valence-electron chi connectivity index (χ4n) is 2.13. The summed E-state index contributed by atoms with van der Waals surface area (Å²) in [5.74, 6) is -0.656. The van der Waals surface area contributed by atoms with E-state index in [1.165, 1.54) is 0 Å². The van der Waals surface area contributed by atoms with Crippen molar-refractivity contribution >= 4 is 33.4 Å². The van der Waals surface area contributed by atoms with Gasteiger partial charge in [-0.05, 0) is 50.6 Å². The van der Waals surface area contributed by atoms with Gasteiger partial charge in [-0.1, -0.05) is 46.3 Å². The summed E-state index contributed by atoms with van der Waals surface area (Å²) in [5, 5.41) is 5.69. The fourth-order valence-corrected chi connectivity index (χ4v) is 2.39. The Morgan fingerprint density at radius 3 is 2.12 bits per heavy atom. The number of hydrogen-bond donors (Lipinski definition) is 2. The maximum atomic E-state index is 12.6. The number of anilines is 1. The molecule has 2 N–H and O–H groups in total. The third-order valence-corrected chi connectivity index (χ3v) is 4.41. The molecule has 4 nitrogen and oxygen atoms in total. The van der Waals surface area contributed by atoms with Crippen LogP contribution >= 0.6 is 15.9 Å². The molecule has 0 aromatic heterocycles. The monoisotopic (exact) mass is 388 g/mol. The van der Waals surface area contributed by atoms with E-state index in [0.717, 1.165) is 10.0 Å². The van der Waals surface area contributed by atoms with Gasteiger partial charge in [0.2, 0.25) is 11.8 Å². The number of amides is 2. The summed E-state index contributed by atoms with van der Waals surface area (Å²) in [6.45, 7) is 5.14. The van der Waals surface area contributed by atoms with E-state index in [1.807, 2.05) is 49.4 Å².